The van der Waals surface area contributed by atoms with Crippen molar-refractivity contribution in [2.75, 3.05) is 20.2 Å². The molecule has 0 fully saturated rings. The number of hydrogen-bond donors (Lipinski definition) is 1. The highest BCUT2D eigenvalue weighted by Crippen LogP contribution is 2.19. The zero-order valence-electron chi connectivity index (χ0n) is 11.5. The van der Waals surface area contributed by atoms with Gasteiger partial charge in [-0.3, -0.25) is 9.69 Å². The van der Waals surface area contributed by atoms with E-state index in [-0.39, 0.29) is 5.75 Å². The Bertz CT molecular complexity index is 437. The van der Waals surface area contributed by atoms with E-state index in [1.165, 1.54) is 13.2 Å². The lowest BCUT2D eigenvalue weighted by Crippen LogP contribution is -2.31. The fraction of sp³-hybridized carbons (Fsp3) is 0.500. The van der Waals surface area contributed by atoms with Crippen LogP contribution in [0.3, 0.4) is 0 Å². The number of rotatable bonds is 7. The van der Waals surface area contributed by atoms with Gasteiger partial charge in [0.1, 0.15) is 0 Å². The van der Waals surface area contributed by atoms with Crippen molar-refractivity contribution in [1.29, 1.82) is 0 Å². The standard InChI is InChI=1S/C14H20FNO3/c1-4-16(8-10(2)14(17)18)9-11-5-6-13(19-3)12(15)7-11/h5-7,10H,4,8-9H2,1-3H3,(H,17,18). The lowest BCUT2D eigenvalue weighted by atomic mass is 10.1. The third-order valence-electron chi connectivity index (χ3n) is 3.02. The van der Waals surface area contributed by atoms with Gasteiger partial charge in [0.05, 0.1) is 13.0 Å². The molecule has 0 saturated carbocycles. The van der Waals surface area contributed by atoms with E-state index in [9.17, 15) is 9.18 Å². The molecule has 0 saturated heterocycles. The van der Waals surface area contributed by atoms with Crippen LogP contribution in [0.4, 0.5) is 4.39 Å². The van der Waals surface area contributed by atoms with Crippen molar-refractivity contribution in [1.82, 2.24) is 4.90 Å². The molecule has 1 unspecified atom stereocenters. The molecule has 0 heterocycles. The zero-order chi connectivity index (χ0) is 14.4. The molecular weight excluding hydrogens is 249 g/mol. The highest BCUT2D eigenvalue weighted by Gasteiger charge is 2.15. The first kappa shape index (κ1) is 15.4. The van der Waals surface area contributed by atoms with Gasteiger partial charge in [-0.05, 0) is 24.2 Å². The normalized spacial score (nSPS) is 12.5. The fourth-order valence-corrected chi connectivity index (χ4v) is 1.84. The van der Waals surface area contributed by atoms with Crippen LogP contribution in [0, 0.1) is 11.7 Å². The van der Waals surface area contributed by atoms with Gasteiger partial charge in [-0.25, -0.2) is 4.39 Å². The largest absolute Gasteiger partial charge is 0.494 e. The van der Waals surface area contributed by atoms with E-state index < -0.39 is 17.7 Å². The van der Waals surface area contributed by atoms with Crippen molar-refractivity contribution in [2.24, 2.45) is 5.92 Å². The Morgan fingerprint density at radius 1 is 1.53 bits per heavy atom. The molecule has 0 amide bonds. The predicted octanol–water partition coefficient (Wildman–Crippen LogP) is 2.38. The van der Waals surface area contributed by atoms with Gasteiger partial charge in [-0.1, -0.05) is 19.9 Å². The van der Waals surface area contributed by atoms with E-state index in [0.29, 0.717) is 19.6 Å². The molecule has 0 aromatic heterocycles. The Morgan fingerprint density at radius 3 is 2.68 bits per heavy atom. The van der Waals surface area contributed by atoms with Gasteiger partial charge in [0.25, 0.3) is 0 Å². The Hall–Kier alpha value is -1.62. The minimum atomic E-state index is -0.820. The number of halogens is 1. The van der Waals surface area contributed by atoms with Gasteiger partial charge in [0.15, 0.2) is 11.6 Å². The first-order chi connectivity index (χ1) is 8.97. The van der Waals surface area contributed by atoms with Crippen LogP contribution >= 0.6 is 0 Å². The summed E-state index contributed by atoms with van der Waals surface area (Å²) in [4.78, 5) is 12.8. The van der Waals surface area contributed by atoms with Crippen LogP contribution in [0.25, 0.3) is 0 Å². The number of carboxylic acids is 1. The van der Waals surface area contributed by atoms with E-state index in [1.807, 2.05) is 11.8 Å². The third-order valence-corrected chi connectivity index (χ3v) is 3.02. The summed E-state index contributed by atoms with van der Waals surface area (Å²) in [5.74, 6) is -1.45. The number of hydrogen-bond acceptors (Lipinski definition) is 3. The second kappa shape index (κ2) is 7.09. The maximum Gasteiger partial charge on any atom is 0.307 e. The van der Waals surface area contributed by atoms with E-state index in [2.05, 4.69) is 0 Å². The summed E-state index contributed by atoms with van der Waals surface area (Å²) < 4.78 is 18.4. The molecule has 106 valence electrons. The van der Waals surface area contributed by atoms with Gasteiger partial charge < -0.3 is 9.84 Å². The number of ether oxygens (including phenoxy) is 1. The highest BCUT2D eigenvalue weighted by molar-refractivity contribution is 5.69. The zero-order valence-corrected chi connectivity index (χ0v) is 11.5. The first-order valence-electron chi connectivity index (χ1n) is 6.25. The predicted molar refractivity (Wildman–Crippen MR) is 70.7 cm³/mol. The second-order valence-electron chi connectivity index (χ2n) is 4.54. The van der Waals surface area contributed by atoms with Gasteiger partial charge in [0, 0.05) is 13.1 Å². The van der Waals surface area contributed by atoms with Crippen molar-refractivity contribution < 1.29 is 19.0 Å². The molecule has 1 aromatic rings. The van der Waals surface area contributed by atoms with Crippen molar-refractivity contribution >= 4 is 5.97 Å². The van der Waals surface area contributed by atoms with E-state index >= 15 is 0 Å². The van der Waals surface area contributed by atoms with Crippen molar-refractivity contribution in [3.8, 4) is 5.75 Å². The molecule has 0 aliphatic carbocycles. The number of aliphatic carboxylic acids is 1. The summed E-state index contributed by atoms with van der Waals surface area (Å²) in [6.45, 7) is 5.30. The maximum absolute atomic E-state index is 13.6. The molecule has 0 bridgehead atoms. The number of carboxylic acid groups (broad SMARTS) is 1. The molecule has 1 N–H and O–H groups in total. The second-order valence-corrected chi connectivity index (χ2v) is 4.54. The molecule has 1 rings (SSSR count). The van der Waals surface area contributed by atoms with Gasteiger partial charge in [0.2, 0.25) is 0 Å². The monoisotopic (exact) mass is 269 g/mol. The smallest absolute Gasteiger partial charge is 0.307 e. The van der Waals surface area contributed by atoms with Crippen LogP contribution in [0.1, 0.15) is 19.4 Å². The van der Waals surface area contributed by atoms with Crippen LogP contribution in [0.15, 0.2) is 18.2 Å². The highest BCUT2D eigenvalue weighted by atomic mass is 19.1. The molecule has 1 atom stereocenters. The Morgan fingerprint density at radius 2 is 2.21 bits per heavy atom. The Kier molecular flexibility index (Phi) is 5.76. The maximum atomic E-state index is 13.6. The summed E-state index contributed by atoms with van der Waals surface area (Å²) in [5.41, 5.74) is 0.803. The number of carbonyl (C=O) groups is 1. The summed E-state index contributed by atoms with van der Waals surface area (Å²) >= 11 is 0. The van der Waals surface area contributed by atoms with Crippen LogP contribution in [0.5, 0.6) is 5.75 Å². The van der Waals surface area contributed by atoms with Crippen molar-refractivity contribution in [3.63, 3.8) is 0 Å². The Labute approximate surface area is 112 Å². The summed E-state index contributed by atoms with van der Waals surface area (Å²) in [6.07, 6.45) is 0. The topological polar surface area (TPSA) is 49.8 Å². The molecule has 4 nitrogen and oxygen atoms in total. The van der Waals surface area contributed by atoms with Crippen LogP contribution in [0.2, 0.25) is 0 Å². The molecule has 0 aliphatic heterocycles. The first-order valence-corrected chi connectivity index (χ1v) is 6.25. The SMILES string of the molecule is CCN(Cc1ccc(OC)c(F)c1)CC(C)C(=O)O. The number of benzene rings is 1. The Balaban J connectivity index is 2.70. The summed E-state index contributed by atoms with van der Waals surface area (Å²) in [6, 6.07) is 4.79. The molecule has 0 radical (unpaired) electrons. The van der Waals surface area contributed by atoms with Gasteiger partial charge in [-0.15, -0.1) is 0 Å². The average Bonchev–Trinajstić information content (AvgIpc) is 2.37. The van der Waals surface area contributed by atoms with E-state index in [1.54, 1.807) is 19.1 Å². The van der Waals surface area contributed by atoms with Gasteiger partial charge in [-0.2, -0.15) is 0 Å². The molecule has 5 heteroatoms. The number of nitrogens with zero attached hydrogens (tertiary/aromatic N) is 1. The minimum absolute atomic E-state index is 0.214. The lowest BCUT2D eigenvalue weighted by Gasteiger charge is -2.22. The summed E-state index contributed by atoms with van der Waals surface area (Å²) in [7, 11) is 1.42. The molecular formula is C14H20FNO3. The number of methoxy groups -OCH3 is 1. The van der Waals surface area contributed by atoms with E-state index in [0.717, 1.165) is 5.56 Å². The van der Waals surface area contributed by atoms with Crippen molar-refractivity contribution in [2.45, 2.75) is 20.4 Å². The lowest BCUT2D eigenvalue weighted by molar-refractivity contribution is -0.141. The molecule has 0 aliphatic rings. The quantitative estimate of drug-likeness (QED) is 0.825. The van der Waals surface area contributed by atoms with Crippen molar-refractivity contribution in [3.05, 3.63) is 29.6 Å². The molecule has 19 heavy (non-hydrogen) atoms. The minimum Gasteiger partial charge on any atom is -0.494 e. The van der Waals surface area contributed by atoms with Gasteiger partial charge >= 0.3 is 5.97 Å². The van der Waals surface area contributed by atoms with E-state index in [4.69, 9.17) is 9.84 Å². The average molecular weight is 269 g/mol. The van der Waals surface area contributed by atoms with Crippen LogP contribution < -0.4 is 4.74 Å². The fourth-order valence-electron chi connectivity index (χ4n) is 1.84. The summed E-state index contributed by atoms with van der Waals surface area (Å²) in [5, 5.41) is 8.90. The molecule has 1 aromatic carbocycles. The third kappa shape index (κ3) is 4.52. The van der Waals surface area contributed by atoms with Crippen LogP contribution in [-0.4, -0.2) is 36.2 Å². The molecule has 0 spiro atoms. The van der Waals surface area contributed by atoms with Crippen LogP contribution in [-0.2, 0) is 11.3 Å².